The van der Waals surface area contributed by atoms with Crippen molar-refractivity contribution in [2.45, 2.75) is 51.5 Å². The fourth-order valence-electron chi connectivity index (χ4n) is 3.89. The Labute approximate surface area is 254 Å². The first kappa shape index (κ1) is 31.1. The number of halogens is 1. The van der Waals surface area contributed by atoms with Gasteiger partial charge in [-0.15, -0.1) is 28.6 Å². The molecule has 3 unspecified atom stereocenters. The van der Waals surface area contributed by atoms with Crippen molar-refractivity contribution in [3.8, 4) is 0 Å². The average Bonchev–Trinajstić information content (AvgIpc) is 3.50. The predicted octanol–water partition coefficient (Wildman–Crippen LogP) is 1.16. The van der Waals surface area contributed by atoms with Gasteiger partial charge >= 0.3 is 5.97 Å². The number of aromatic nitrogens is 3. The average molecular weight is 668 g/mol. The molecule has 5 atom stereocenters. The van der Waals surface area contributed by atoms with E-state index in [4.69, 9.17) is 17.3 Å². The molecule has 2 aliphatic rings. The Morgan fingerprint density at radius 3 is 2.77 bits per heavy atom. The topological polar surface area (TPSA) is 208 Å². The maximum atomic E-state index is 13.0. The van der Waals surface area contributed by atoms with E-state index in [-0.39, 0.29) is 39.0 Å². The number of oxime groups is 1. The van der Waals surface area contributed by atoms with Gasteiger partial charge in [-0.1, -0.05) is 44.3 Å². The summed E-state index contributed by atoms with van der Waals surface area (Å²) in [4.78, 5) is 43.7. The number of hydrogen-bond donors (Lipinski definition) is 6. The van der Waals surface area contributed by atoms with Gasteiger partial charge < -0.3 is 31.6 Å². The summed E-state index contributed by atoms with van der Waals surface area (Å²) in [6.45, 7) is 3.97. The molecule has 0 radical (unpaired) electrons. The van der Waals surface area contributed by atoms with Crippen LogP contribution in [-0.4, -0.2) is 100 Å². The number of carbonyl (C=O) groups is 3. The Hall–Kier alpha value is -1.87. The smallest absolute Gasteiger partial charge is 0.322 e. The summed E-state index contributed by atoms with van der Waals surface area (Å²) in [5.74, 6) is -1.65. The van der Waals surface area contributed by atoms with E-state index < -0.39 is 39.7 Å². The van der Waals surface area contributed by atoms with Crippen molar-refractivity contribution in [1.82, 2.24) is 35.4 Å². The van der Waals surface area contributed by atoms with Gasteiger partial charge in [0, 0.05) is 18.1 Å². The number of nitrogens with two attached hydrogens (primary N) is 1. The van der Waals surface area contributed by atoms with Gasteiger partial charge in [-0.05, 0) is 32.4 Å². The van der Waals surface area contributed by atoms with E-state index in [1.54, 1.807) is 11.8 Å². The number of thiazole rings is 1. The molecule has 218 valence electrons. The third kappa shape index (κ3) is 6.45. The number of fused-ring (bicyclic) bond motifs is 1. The minimum atomic E-state index is -1.33. The third-order valence-electron chi connectivity index (χ3n) is 6.07. The molecular formula is C20H26ClN9O5S5. The van der Waals surface area contributed by atoms with Crippen molar-refractivity contribution in [3.63, 3.8) is 0 Å². The molecule has 0 bridgehead atoms. The second-order valence-electron chi connectivity index (χ2n) is 8.78. The summed E-state index contributed by atoms with van der Waals surface area (Å²) in [6.07, 6.45) is 0.126. The van der Waals surface area contributed by atoms with Gasteiger partial charge in [0.25, 0.3) is 5.91 Å². The van der Waals surface area contributed by atoms with Crippen LogP contribution in [0.5, 0.6) is 0 Å². The molecule has 2 aromatic heterocycles. The number of thioether (sulfide) groups is 3. The molecule has 2 aliphatic heterocycles. The van der Waals surface area contributed by atoms with Crippen LogP contribution in [0, 0.1) is 0 Å². The molecule has 0 aromatic carbocycles. The lowest BCUT2D eigenvalue weighted by Gasteiger charge is -2.53. The predicted molar refractivity (Wildman–Crippen MR) is 158 cm³/mol. The van der Waals surface area contributed by atoms with E-state index >= 15 is 0 Å². The summed E-state index contributed by atoms with van der Waals surface area (Å²) in [5, 5.41) is 35.6. The first-order valence-corrected chi connectivity index (χ1v) is 16.5. The normalized spacial score (nSPS) is 24.2. The fraction of sp³-hybridized carbons (Fsp3) is 0.550. The molecule has 0 aliphatic carbocycles. The van der Waals surface area contributed by atoms with Gasteiger partial charge in [0.05, 0.1) is 17.2 Å². The first-order chi connectivity index (χ1) is 19.0. The highest BCUT2D eigenvalue weighted by Gasteiger charge is 2.58. The van der Waals surface area contributed by atoms with Crippen LogP contribution in [-0.2, 0) is 20.1 Å². The summed E-state index contributed by atoms with van der Waals surface area (Å²) < 4.78 is 3.46. The van der Waals surface area contributed by atoms with Crippen molar-refractivity contribution in [2.75, 3.05) is 25.1 Å². The second-order valence-corrected chi connectivity index (χ2v) is 15.3. The SMILES string of the molecule is CNC(C)NC(C)SCc1nnsc1SC1(C(=O)O)CS[C@@H]2[C@H](NC(=O)C(=NO)c3nc(N)sc3Cl)C(=O)N2C1. The number of β-lactam (4-membered cyclic amide) rings is 1. The van der Waals surface area contributed by atoms with Crippen LogP contribution in [0.15, 0.2) is 9.36 Å². The number of rotatable bonds is 12. The van der Waals surface area contributed by atoms with Gasteiger partial charge in [-0.3, -0.25) is 19.7 Å². The Kier molecular flexibility index (Phi) is 10.1. The lowest BCUT2D eigenvalue weighted by Crippen LogP contribution is -2.74. The van der Waals surface area contributed by atoms with Crippen LogP contribution < -0.4 is 21.7 Å². The number of nitrogens with one attached hydrogen (secondary N) is 3. The van der Waals surface area contributed by atoms with Gasteiger partial charge in [-0.2, -0.15) is 0 Å². The van der Waals surface area contributed by atoms with Crippen molar-refractivity contribution >= 4 is 98.4 Å². The van der Waals surface area contributed by atoms with Crippen LogP contribution in [0.1, 0.15) is 25.2 Å². The molecule has 0 spiro atoms. The van der Waals surface area contributed by atoms with Gasteiger partial charge in [-0.25, -0.2) is 4.98 Å². The van der Waals surface area contributed by atoms with Gasteiger partial charge in [0.2, 0.25) is 5.91 Å². The number of carboxylic acid groups (broad SMARTS) is 1. The second kappa shape index (κ2) is 13.0. The minimum Gasteiger partial charge on any atom is -0.480 e. The van der Waals surface area contributed by atoms with Crippen molar-refractivity contribution in [2.24, 2.45) is 5.16 Å². The molecule has 4 rings (SSSR count). The van der Waals surface area contributed by atoms with E-state index in [0.717, 1.165) is 34.6 Å². The summed E-state index contributed by atoms with van der Waals surface area (Å²) >= 11 is 12.1. The molecular weight excluding hydrogens is 642 g/mol. The zero-order chi connectivity index (χ0) is 29.2. The van der Waals surface area contributed by atoms with Crippen LogP contribution in [0.25, 0.3) is 0 Å². The number of anilines is 1. The number of nitrogens with zero attached hydrogens (tertiary/aromatic N) is 5. The highest BCUT2D eigenvalue weighted by atomic mass is 35.5. The molecule has 14 nitrogen and oxygen atoms in total. The van der Waals surface area contributed by atoms with Crippen molar-refractivity contribution in [1.29, 1.82) is 0 Å². The summed E-state index contributed by atoms with van der Waals surface area (Å²) in [7, 11) is 1.86. The number of carbonyl (C=O) groups excluding carboxylic acids is 2. The van der Waals surface area contributed by atoms with E-state index in [1.807, 2.05) is 20.9 Å². The Morgan fingerprint density at radius 1 is 1.40 bits per heavy atom. The Balaban J connectivity index is 1.40. The molecule has 2 saturated heterocycles. The van der Waals surface area contributed by atoms with Gasteiger partial charge in [0.15, 0.2) is 10.8 Å². The third-order valence-corrected chi connectivity index (χ3v) is 12.2. The minimum absolute atomic E-state index is 0.0610. The molecule has 40 heavy (non-hydrogen) atoms. The van der Waals surface area contributed by atoms with Crippen LogP contribution in [0.2, 0.25) is 4.34 Å². The fourth-order valence-corrected chi connectivity index (χ4v) is 9.78. The van der Waals surface area contributed by atoms with E-state index in [9.17, 15) is 24.7 Å². The maximum Gasteiger partial charge on any atom is 0.322 e. The number of carboxylic acids is 1. The number of nitrogen functional groups attached to an aromatic ring is 1. The highest BCUT2D eigenvalue weighted by Crippen LogP contribution is 2.48. The van der Waals surface area contributed by atoms with Crippen LogP contribution in [0.3, 0.4) is 0 Å². The Bertz CT molecular complexity index is 1310. The highest BCUT2D eigenvalue weighted by molar-refractivity contribution is 8.06. The van der Waals surface area contributed by atoms with Crippen molar-refractivity contribution < 1.29 is 24.7 Å². The van der Waals surface area contributed by atoms with Crippen molar-refractivity contribution in [3.05, 3.63) is 15.7 Å². The molecule has 4 heterocycles. The largest absolute Gasteiger partial charge is 0.480 e. The maximum absolute atomic E-state index is 13.0. The zero-order valence-electron chi connectivity index (χ0n) is 21.3. The van der Waals surface area contributed by atoms with Crippen LogP contribution in [0.4, 0.5) is 5.13 Å². The molecule has 2 aromatic rings. The lowest BCUT2D eigenvalue weighted by atomic mass is 10.0. The molecule has 0 saturated carbocycles. The number of amides is 2. The molecule has 7 N–H and O–H groups in total. The monoisotopic (exact) mass is 667 g/mol. The quantitative estimate of drug-likeness (QED) is 0.0617. The number of aliphatic carboxylic acids is 1. The summed E-state index contributed by atoms with van der Waals surface area (Å²) in [6, 6.07) is -0.938. The zero-order valence-corrected chi connectivity index (χ0v) is 26.1. The van der Waals surface area contributed by atoms with Crippen LogP contribution >= 0.6 is 69.8 Å². The van der Waals surface area contributed by atoms with E-state index in [0.29, 0.717) is 15.7 Å². The summed E-state index contributed by atoms with van der Waals surface area (Å²) in [5.41, 5.74) is 5.72. The van der Waals surface area contributed by atoms with Gasteiger partial charge in [0.1, 0.15) is 30.4 Å². The molecule has 20 heteroatoms. The molecule has 2 amide bonds. The van der Waals surface area contributed by atoms with E-state index in [1.165, 1.54) is 16.7 Å². The lowest BCUT2D eigenvalue weighted by molar-refractivity contribution is -0.151. The number of hydrogen-bond acceptors (Lipinski definition) is 16. The standard InChI is InChI=1S/C20H26ClN9O5S5/c1-7(23-3)24-8(2)36-4-9-17(40-29-27-9)39-20(18(33)34)5-30-15(32)12(16(30)37-6-20)25-14(31)11(28-35)10-13(21)38-19(22)26-10/h7-8,12,16,23-24,35H,4-6H2,1-3H3,(H2,22,26)(H,25,31)(H,33,34)/t7?,8?,12-,16-,20?/m1/s1. The first-order valence-electron chi connectivity index (χ1n) is 11.7. The molecule has 2 fully saturated rings. The Morgan fingerprint density at radius 2 is 2.15 bits per heavy atom. The van der Waals surface area contributed by atoms with E-state index in [2.05, 4.69) is 35.7 Å².